The van der Waals surface area contributed by atoms with E-state index in [4.69, 9.17) is 0 Å². The van der Waals surface area contributed by atoms with Crippen molar-refractivity contribution in [2.24, 2.45) is 5.92 Å². The van der Waals surface area contributed by atoms with Crippen LogP contribution in [0.1, 0.15) is 57.6 Å². The predicted molar refractivity (Wildman–Crippen MR) is 91.8 cm³/mol. The van der Waals surface area contributed by atoms with Crippen LogP contribution >= 0.6 is 0 Å². The van der Waals surface area contributed by atoms with Crippen molar-refractivity contribution in [3.63, 3.8) is 0 Å². The minimum atomic E-state index is -0.567. The largest absolute Gasteiger partial charge is 0.341 e. The third-order valence-electron chi connectivity index (χ3n) is 4.69. The molecule has 0 spiro atoms. The Hall–Kier alpha value is -1.84. The van der Waals surface area contributed by atoms with Crippen LogP contribution in [0.15, 0.2) is 30.3 Å². The van der Waals surface area contributed by atoms with Crippen LogP contribution in [-0.2, 0) is 9.59 Å². The molecule has 0 bridgehead atoms. The molecular weight excluding hydrogens is 288 g/mol. The maximum atomic E-state index is 12.9. The highest BCUT2D eigenvalue weighted by molar-refractivity contribution is 5.89. The fraction of sp³-hybridized carbons (Fsp3) is 0.579. The number of carbonyl (C=O) groups excluding carboxylic acids is 2. The summed E-state index contributed by atoms with van der Waals surface area (Å²) in [6.45, 7) is 5.61. The molecule has 1 atom stereocenters. The topological polar surface area (TPSA) is 49.4 Å². The number of hydrogen-bond acceptors (Lipinski definition) is 2. The van der Waals surface area contributed by atoms with E-state index in [0.717, 1.165) is 44.3 Å². The average molecular weight is 316 g/mol. The van der Waals surface area contributed by atoms with E-state index in [1.165, 1.54) is 6.42 Å². The second kappa shape index (κ2) is 8.70. The normalized spacial score (nSPS) is 16.2. The van der Waals surface area contributed by atoms with E-state index in [2.05, 4.69) is 5.32 Å². The van der Waals surface area contributed by atoms with Crippen molar-refractivity contribution in [1.82, 2.24) is 10.2 Å². The number of nitrogens with one attached hydrogen (secondary N) is 1. The second-order valence-electron chi connectivity index (χ2n) is 6.25. The molecule has 0 unspecified atom stereocenters. The molecule has 2 amide bonds. The fourth-order valence-electron chi connectivity index (χ4n) is 3.15. The summed E-state index contributed by atoms with van der Waals surface area (Å²) in [6.07, 6.45) is 4.87. The number of likely N-dealkylation sites (tertiary alicyclic amines) is 1. The van der Waals surface area contributed by atoms with Crippen LogP contribution in [-0.4, -0.2) is 29.8 Å². The standard InChI is InChI=1S/C19H28N2O2/c1-3-15(4-2)18(22)20-17(16-11-7-5-8-12-16)19(23)21-13-9-6-10-14-21/h5,7-8,11-12,15,17H,3-4,6,9-10,13-14H2,1-2H3,(H,20,22)/t17-/m0/s1. The maximum absolute atomic E-state index is 12.9. The number of rotatable bonds is 6. The van der Waals surface area contributed by atoms with E-state index in [-0.39, 0.29) is 17.7 Å². The van der Waals surface area contributed by atoms with Crippen LogP contribution in [0.5, 0.6) is 0 Å². The highest BCUT2D eigenvalue weighted by Crippen LogP contribution is 2.20. The van der Waals surface area contributed by atoms with Gasteiger partial charge in [0.1, 0.15) is 6.04 Å². The molecule has 1 N–H and O–H groups in total. The highest BCUT2D eigenvalue weighted by atomic mass is 16.2. The van der Waals surface area contributed by atoms with Crippen LogP contribution in [0.2, 0.25) is 0 Å². The summed E-state index contributed by atoms with van der Waals surface area (Å²) in [5, 5.41) is 3.00. The Morgan fingerprint density at radius 3 is 2.22 bits per heavy atom. The van der Waals surface area contributed by atoms with Crippen molar-refractivity contribution < 1.29 is 9.59 Å². The third-order valence-corrected chi connectivity index (χ3v) is 4.69. The molecule has 1 aromatic carbocycles. The molecule has 0 saturated carbocycles. The number of benzene rings is 1. The first-order valence-electron chi connectivity index (χ1n) is 8.81. The summed E-state index contributed by atoms with van der Waals surface area (Å²) < 4.78 is 0. The van der Waals surface area contributed by atoms with Crippen LogP contribution in [0.3, 0.4) is 0 Å². The molecule has 1 aromatic rings. The van der Waals surface area contributed by atoms with Gasteiger partial charge < -0.3 is 10.2 Å². The fourth-order valence-corrected chi connectivity index (χ4v) is 3.15. The predicted octanol–water partition coefficient (Wildman–Crippen LogP) is 3.29. The van der Waals surface area contributed by atoms with Crippen LogP contribution < -0.4 is 5.32 Å². The Kier molecular flexibility index (Phi) is 6.63. The van der Waals surface area contributed by atoms with E-state index in [9.17, 15) is 9.59 Å². The van der Waals surface area contributed by atoms with E-state index < -0.39 is 6.04 Å². The molecule has 1 aliphatic heterocycles. The van der Waals surface area contributed by atoms with Gasteiger partial charge in [-0.05, 0) is 37.7 Å². The van der Waals surface area contributed by atoms with Crippen LogP contribution in [0.25, 0.3) is 0 Å². The van der Waals surface area contributed by atoms with Gasteiger partial charge in [0.25, 0.3) is 0 Å². The Labute approximate surface area is 139 Å². The summed E-state index contributed by atoms with van der Waals surface area (Å²) in [5.74, 6) is -0.0280. The molecule has 126 valence electrons. The molecule has 2 rings (SSSR count). The number of carbonyl (C=O) groups is 2. The van der Waals surface area contributed by atoms with Gasteiger partial charge in [-0.1, -0.05) is 44.2 Å². The van der Waals surface area contributed by atoms with Crippen molar-refractivity contribution in [1.29, 1.82) is 0 Å². The summed E-state index contributed by atoms with van der Waals surface area (Å²) in [4.78, 5) is 27.3. The minimum absolute atomic E-state index is 0.0192. The van der Waals surface area contributed by atoms with Gasteiger partial charge >= 0.3 is 0 Å². The monoisotopic (exact) mass is 316 g/mol. The first-order chi connectivity index (χ1) is 11.2. The van der Waals surface area contributed by atoms with Gasteiger partial charge in [0, 0.05) is 19.0 Å². The Balaban J connectivity index is 2.18. The first kappa shape index (κ1) is 17.5. The number of amides is 2. The van der Waals surface area contributed by atoms with Gasteiger partial charge in [0.15, 0.2) is 0 Å². The number of piperidine rings is 1. The van der Waals surface area contributed by atoms with Crippen molar-refractivity contribution in [2.45, 2.75) is 52.0 Å². The first-order valence-corrected chi connectivity index (χ1v) is 8.81. The molecule has 1 saturated heterocycles. The zero-order valence-corrected chi connectivity index (χ0v) is 14.3. The van der Waals surface area contributed by atoms with E-state index in [1.807, 2.05) is 49.1 Å². The smallest absolute Gasteiger partial charge is 0.249 e. The molecule has 0 aromatic heterocycles. The van der Waals surface area contributed by atoms with E-state index in [0.29, 0.717) is 0 Å². The van der Waals surface area contributed by atoms with Crippen molar-refractivity contribution in [2.75, 3.05) is 13.1 Å². The van der Waals surface area contributed by atoms with Crippen LogP contribution in [0, 0.1) is 5.92 Å². The SMILES string of the molecule is CCC(CC)C(=O)N[C@H](C(=O)N1CCCCC1)c1ccccc1. The Morgan fingerprint density at radius 1 is 1.04 bits per heavy atom. The highest BCUT2D eigenvalue weighted by Gasteiger charge is 2.29. The Bertz CT molecular complexity index is 505. The molecule has 1 fully saturated rings. The lowest BCUT2D eigenvalue weighted by Gasteiger charge is -2.31. The molecule has 4 heteroatoms. The van der Waals surface area contributed by atoms with Gasteiger partial charge in [0.05, 0.1) is 0 Å². The minimum Gasteiger partial charge on any atom is -0.341 e. The molecular formula is C19H28N2O2. The number of hydrogen-bond donors (Lipinski definition) is 1. The van der Waals surface area contributed by atoms with E-state index in [1.54, 1.807) is 0 Å². The van der Waals surface area contributed by atoms with Gasteiger partial charge in [-0.2, -0.15) is 0 Å². The van der Waals surface area contributed by atoms with E-state index >= 15 is 0 Å². The van der Waals surface area contributed by atoms with Gasteiger partial charge in [-0.25, -0.2) is 0 Å². The average Bonchev–Trinajstić information content (AvgIpc) is 2.61. The Morgan fingerprint density at radius 2 is 1.65 bits per heavy atom. The molecule has 0 aliphatic carbocycles. The quantitative estimate of drug-likeness (QED) is 0.875. The lowest BCUT2D eigenvalue weighted by molar-refractivity contribution is -0.138. The lowest BCUT2D eigenvalue weighted by Crippen LogP contribution is -2.46. The summed E-state index contributed by atoms with van der Waals surface area (Å²) in [6, 6.07) is 9.01. The summed E-state index contributed by atoms with van der Waals surface area (Å²) in [7, 11) is 0. The number of nitrogens with zero attached hydrogens (tertiary/aromatic N) is 1. The third kappa shape index (κ3) is 4.57. The zero-order valence-electron chi connectivity index (χ0n) is 14.3. The molecule has 1 heterocycles. The molecule has 1 aliphatic rings. The molecule has 4 nitrogen and oxygen atoms in total. The molecule has 0 radical (unpaired) electrons. The second-order valence-corrected chi connectivity index (χ2v) is 6.25. The maximum Gasteiger partial charge on any atom is 0.249 e. The van der Waals surface area contributed by atoms with Gasteiger partial charge in [-0.3, -0.25) is 9.59 Å². The van der Waals surface area contributed by atoms with Crippen molar-refractivity contribution in [3.8, 4) is 0 Å². The van der Waals surface area contributed by atoms with Crippen molar-refractivity contribution in [3.05, 3.63) is 35.9 Å². The van der Waals surface area contributed by atoms with Crippen LogP contribution in [0.4, 0.5) is 0 Å². The summed E-state index contributed by atoms with van der Waals surface area (Å²) in [5.41, 5.74) is 0.863. The zero-order chi connectivity index (χ0) is 16.7. The lowest BCUT2D eigenvalue weighted by atomic mass is 9.99. The van der Waals surface area contributed by atoms with Gasteiger partial charge in [-0.15, -0.1) is 0 Å². The summed E-state index contributed by atoms with van der Waals surface area (Å²) >= 11 is 0. The van der Waals surface area contributed by atoms with Crippen molar-refractivity contribution >= 4 is 11.8 Å². The molecule has 23 heavy (non-hydrogen) atoms. The van der Waals surface area contributed by atoms with Gasteiger partial charge in [0.2, 0.25) is 11.8 Å².